The highest BCUT2D eigenvalue weighted by molar-refractivity contribution is 6.29. The number of hydrogen-bond donors (Lipinski definition) is 0. The molecule has 0 atom stereocenters. The summed E-state index contributed by atoms with van der Waals surface area (Å²) in [6, 6.07) is 13.5. The molecular formula is C16H14ClNO. The number of halogens is 1. The molecule has 0 saturated carbocycles. The van der Waals surface area contributed by atoms with Crippen LogP contribution in [-0.4, -0.2) is 4.98 Å². The van der Waals surface area contributed by atoms with Crippen molar-refractivity contribution in [2.45, 2.75) is 20.0 Å². The zero-order valence-electron chi connectivity index (χ0n) is 10.7. The second-order valence-electron chi connectivity index (χ2n) is 3.91. The number of pyridine rings is 1. The molecule has 96 valence electrons. The first-order chi connectivity index (χ1) is 9.29. The van der Waals surface area contributed by atoms with Crippen LogP contribution in [0.5, 0.6) is 5.75 Å². The first-order valence-corrected chi connectivity index (χ1v) is 6.49. The lowest BCUT2D eigenvalue weighted by Crippen LogP contribution is -1.98. The molecule has 0 aliphatic heterocycles. The van der Waals surface area contributed by atoms with Crippen molar-refractivity contribution in [2.75, 3.05) is 0 Å². The summed E-state index contributed by atoms with van der Waals surface area (Å²) >= 11 is 5.88. The van der Waals surface area contributed by atoms with Gasteiger partial charge in [0.1, 0.15) is 11.8 Å². The van der Waals surface area contributed by atoms with E-state index in [-0.39, 0.29) is 0 Å². The number of ether oxygens (including phenoxy) is 1. The predicted molar refractivity (Wildman–Crippen MR) is 77.2 cm³/mol. The van der Waals surface area contributed by atoms with Gasteiger partial charge in [0.25, 0.3) is 0 Å². The molecule has 0 amide bonds. The molecule has 2 nitrogen and oxygen atoms in total. The van der Waals surface area contributed by atoms with Gasteiger partial charge < -0.3 is 4.74 Å². The summed E-state index contributed by atoms with van der Waals surface area (Å²) < 4.78 is 5.75. The first kappa shape index (κ1) is 13.5. The summed E-state index contributed by atoms with van der Waals surface area (Å²) in [6.07, 6.45) is 0.770. The minimum absolute atomic E-state index is 0.424. The van der Waals surface area contributed by atoms with Crippen LogP contribution >= 0.6 is 11.6 Å². The molecule has 2 rings (SSSR count). The normalized spacial score (nSPS) is 9.58. The molecule has 19 heavy (non-hydrogen) atoms. The van der Waals surface area contributed by atoms with Gasteiger partial charge in [0, 0.05) is 6.42 Å². The quantitative estimate of drug-likeness (QED) is 0.620. The Balaban J connectivity index is 2.15. The molecule has 3 heteroatoms. The van der Waals surface area contributed by atoms with Gasteiger partial charge in [-0.25, -0.2) is 4.98 Å². The molecule has 0 bridgehead atoms. The molecule has 0 saturated heterocycles. The van der Waals surface area contributed by atoms with E-state index in [4.69, 9.17) is 16.3 Å². The van der Waals surface area contributed by atoms with E-state index in [0.29, 0.717) is 23.2 Å². The average molecular weight is 272 g/mol. The third-order valence-electron chi connectivity index (χ3n) is 2.44. The van der Waals surface area contributed by atoms with Crippen LogP contribution in [-0.2, 0) is 6.61 Å². The molecule has 1 aromatic heterocycles. The molecule has 0 radical (unpaired) electrons. The van der Waals surface area contributed by atoms with E-state index in [1.165, 1.54) is 0 Å². The highest BCUT2D eigenvalue weighted by Gasteiger charge is 2.04. The van der Waals surface area contributed by atoms with Gasteiger partial charge in [-0.1, -0.05) is 54.8 Å². The van der Waals surface area contributed by atoms with Crippen LogP contribution in [0.3, 0.4) is 0 Å². The van der Waals surface area contributed by atoms with Crippen LogP contribution < -0.4 is 4.74 Å². The molecule has 0 aliphatic rings. The van der Waals surface area contributed by atoms with Crippen LogP contribution in [0.25, 0.3) is 0 Å². The predicted octanol–water partition coefficient (Wildman–Crippen LogP) is 4.08. The Morgan fingerprint density at radius 2 is 1.95 bits per heavy atom. The van der Waals surface area contributed by atoms with Crippen LogP contribution in [0, 0.1) is 11.8 Å². The smallest absolute Gasteiger partial charge is 0.156 e. The standard InChI is InChI=1S/C16H14ClNO/c1-2-3-9-14-15(10-11-16(17)18-14)19-12-13-7-5-4-6-8-13/h4-8,10-11H,2,12H2,1H3. The number of benzene rings is 1. The number of hydrogen-bond acceptors (Lipinski definition) is 2. The maximum Gasteiger partial charge on any atom is 0.156 e. The maximum atomic E-state index is 5.88. The average Bonchev–Trinajstić information content (AvgIpc) is 2.45. The Morgan fingerprint density at radius 1 is 1.16 bits per heavy atom. The van der Waals surface area contributed by atoms with Crippen molar-refractivity contribution in [2.24, 2.45) is 0 Å². The summed E-state index contributed by atoms with van der Waals surface area (Å²) in [5.41, 5.74) is 1.69. The molecule has 0 spiro atoms. The van der Waals surface area contributed by atoms with E-state index in [9.17, 15) is 0 Å². The fraction of sp³-hybridized carbons (Fsp3) is 0.188. The zero-order chi connectivity index (χ0) is 13.5. The second-order valence-corrected chi connectivity index (χ2v) is 4.30. The Kier molecular flexibility index (Phi) is 4.83. The molecule has 1 aromatic carbocycles. The van der Waals surface area contributed by atoms with E-state index in [2.05, 4.69) is 16.8 Å². The summed E-state index contributed by atoms with van der Waals surface area (Å²) in [4.78, 5) is 4.19. The summed E-state index contributed by atoms with van der Waals surface area (Å²) in [7, 11) is 0. The van der Waals surface area contributed by atoms with E-state index in [1.54, 1.807) is 12.1 Å². The van der Waals surface area contributed by atoms with Gasteiger partial charge in [0.05, 0.1) is 0 Å². The molecule has 0 fully saturated rings. The van der Waals surface area contributed by atoms with Gasteiger partial charge in [0.15, 0.2) is 11.4 Å². The van der Waals surface area contributed by atoms with E-state index >= 15 is 0 Å². The Morgan fingerprint density at radius 3 is 2.68 bits per heavy atom. The van der Waals surface area contributed by atoms with Crippen molar-refractivity contribution < 1.29 is 4.74 Å². The number of aromatic nitrogens is 1. The van der Waals surface area contributed by atoms with Crippen molar-refractivity contribution in [3.63, 3.8) is 0 Å². The summed E-state index contributed by atoms with van der Waals surface area (Å²) in [5, 5.41) is 0.424. The van der Waals surface area contributed by atoms with Crippen LogP contribution in [0.2, 0.25) is 5.15 Å². The fourth-order valence-corrected chi connectivity index (χ4v) is 1.68. The second kappa shape index (κ2) is 6.82. The highest BCUT2D eigenvalue weighted by Crippen LogP contribution is 2.19. The topological polar surface area (TPSA) is 22.1 Å². The van der Waals surface area contributed by atoms with Crippen molar-refractivity contribution in [1.29, 1.82) is 0 Å². The summed E-state index contributed by atoms with van der Waals surface area (Å²) in [6.45, 7) is 2.48. The van der Waals surface area contributed by atoms with Crippen LogP contribution in [0.4, 0.5) is 0 Å². The lowest BCUT2D eigenvalue weighted by molar-refractivity contribution is 0.304. The monoisotopic (exact) mass is 271 g/mol. The lowest BCUT2D eigenvalue weighted by atomic mass is 10.2. The van der Waals surface area contributed by atoms with Crippen LogP contribution in [0.1, 0.15) is 24.6 Å². The van der Waals surface area contributed by atoms with Crippen molar-refractivity contribution in [3.05, 3.63) is 58.9 Å². The molecule has 0 unspecified atom stereocenters. The minimum Gasteiger partial charge on any atom is -0.486 e. The third-order valence-corrected chi connectivity index (χ3v) is 2.66. The lowest BCUT2D eigenvalue weighted by Gasteiger charge is -2.08. The van der Waals surface area contributed by atoms with E-state index < -0.39 is 0 Å². The van der Waals surface area contributed by atoms with Gasteiger partial charge >= 0.3 is 0 Å². The molecule has 1 heterocycles. The van der Waals surface area contributed by atoms with Crippen molar-refractivity contribution in [3.8, 4) is 17.6 Å². The zero-order valence-corrected chi connectivity index (χ0v) is 11.4. The van der Waals surface area contributed by atoms with Gasteiger partial charge in [-0.2, -0.15) is 0 Å². The molecular weight excluding hydrogens is 258 g/mol. The van der Waals surface area contributed by atoms with Gasteiger partial charge in [-0.15, -0.1) is 0 Å². The van der Waals surface area contributed by atoms with Gasteiger partial charge in [0.2, 0.25) is 0 Å². The van der Waals surface area contributed by atoms with Crippen molar-refractivity contribution in [1.82, 2.24) is 4.98 Å². The Labute approximate surface area is 118 Å². The third kappa shape index (κ3) is 4.01. The van der Waals surface area contributed by atoms with E-state index in [0.717, 1.165) is 12.0 Å². The molecule has 0 aliphatic carbocycles. The Bertz CT molecular complexity index is 599. The fourth-order valence-electron chi connectivity index (χ4n) is 1.54. The molecule has 2 aromatic rings. The van der Waals surface area contributed by atoms with Crippen LogP contribution in [0.15, 0.2) is 42.5 Å². The largest absolute Gasteiger partial charge is 0.486 e. The van der Waals surface area contributed by atoms with Crippen molar-refractivity contribution >= 4 is 11.6 Å². The Hall–Kier alpha value is -1.98. The van der Waals surface area contributed by atoms with E-state index in [1.807, 2.05) is 37.3 Å². The maximum absolute atomic E-state index is 5.88. The minimum atomic E-state index is 0.424. The highest BCUT2D eigenvalue weighted by atomic mass is 35.5. The SMILES string of the molecule is CCC#Cc1nc(Cl)ccc1OCc1ccccc1. The number of rotatable bonds is 3. The number of nitrogens with zero attached hydrogens (tertiary/aromatic N) is 1. The van der Waals surface area contributed by atoms with Gasteiger partial charge in [-0.05, 0) is 23.6 Å². The first-order valence-electron chi connectivity index (χ1n) is 6.11. The molecule has 0 N–H and O–H groups in total. The van der Waals surface area contributed by atoms with Gasteiger partial charge in [-0.3, -0.25) is 0 Å². The summed E-state index contributed by atoms with van der Waals surface area (Å²) in [5.74, 6) is 6.61.